The normalized spacial score (nSPS) is 11.6. The summed E-state index contributed by atoms with van der Waals surface area (Å²) in [6.07, 6.45) is -1.14. The number of ether oxygens (including phenoxy) is 1. The Morgan fingerprint density at radius 2 is 2.00 bits per heavy atom. The van der Waals surface area contributed by atoms with Crippen molar-refractivity contribution in [1.29, 1.82) is 0 Å². The first-order valence-corrected chi connectivity index (χ1v) is 8.55. The fourth-order valence-electron chi connectivity index (χ4n) is 2.19. The minimum Gasteiger partial charge on any atom is -0.481 e. The summed E-state index contributed by atoms with van der Waals surface area (Å²) in [5.41, 5.74) is 0.758. The lowest BCUT2D eigenvalue weighted by molar-refractivity contribution is -0.139. The molecule has 2 N–H and O–H groups in total. The van der Waals surface area contributed by atoms with Crippen molar-refractivity contribution in [2.24, 2.45) is 0 Å². The van der Waals surface area contributed by atoms with Crippen molar-refractivity contribution < 1.29 is 24.2 Å². The molecular formula is C16H18ClN5O5. The van der Waals surface area contributed by atoms with Crippen LogP contribution in [0.5, 0.6) is 0 Å². The van der Waals surface area contributed by atoms with Crippen LogP contribution in [-0.4, -0.2) is 55.1 Å². The van der Waals surface area contributed by atoms with Gasteiger partial charge in [-0.15, -0.1) is 16.7 Å². The summed E-state index contributed by atoms with van der Waals surface area (Å²) in [6, 6.07) is 7.66. The number of carboxylic acid groups (broad SMARTS) is 1. The number of alkyl halides is 1. The number of tetrazole rings is 1. The number of amides is 1. The molecule has 0 bridgehead atoms. The molecule has 0 saturated heterocycles. The predicted octanol–water partition coefficient (Wildman–Crippen LogP) is 0.793. The van der Waals surface area contributed by atoms with Crippen molar-refractivity contribution in [3.63, 3.8) is 0 Å². The van der Waals surface area contributed by atoms with E-state index in [1.165, 1.54) is 4.68 Å². The Labute approximate surface area is 159 Å². The van der Waals surface area contributed by atoms with E-state index in [2.05, 4.69) is 20.8 Å². The largest absolute Gasteiger partial charge is 0.481 e. The molecule has 1 aromatic carbocycles. The molecule has 2 rings (SSSR count). The highest BCUT2D eigenvalue weighted by molar-refractivity contribution is 6.17. The van der Waals surface area contributed by atoms with Crippen LogP contribution in [0.25, 0.3) is 0 Å². The van der Waals surface area contributed by atoms with E-state index in [4.69, 9.17) is 21.4 Å². The number of benzene rings is 1. The van der Waals surface area contributed by atoms with Gasteiger partial charge in [-0.2, -0.15) is 0 Å². The van der Waals surface area contributed by atoms with Crippen LogP contribution >= 0.6 is 11.6 Å². The average Bonchev–Trinajstić information content (AvgIpc) is 3.07. The summed E-state index contributed by atoms with van der Waals surface area (Å²) >= 11 is 5.64. The zero-order valence-electron chi connectivity index (χ0n) is 14.2. The Morgan fingerprint density at radius 1 is 1.26 bits per heavy atom. The average molecular weight is 396 g/mol. The van der Waals surface area contributed by atoms with E-state index in [9.17, 15) is 14.4 Å². The monoisotopic (exact) mass is 395 g/mol. The number of ketones is 1. The molecule has 0 spiro atoms. The van der Waals surface area contributed by atoms with Gasteiger partial charge in [0.25, 0.3) is 0 Å². The van der Waals surface area contributed by atoms with Gasteiger partial charge in [-0.25, -0.2) is 9.48 Å². The number of aromatic nitrogens is 4. The van der Waals surface area contributed by atoms with Gasteiger partial charge in [-0.05, 0) is 16.0 Å². The molecule has 0 aliphatic rings. The fourth-order valence-corrected chi connectivity index (χ4v) is 2.36. The van der Waals surface area contributed by atoms with E-state index in [0.29, 0.717) is 12.2 Å². The third-order valence-corrected chi connectivity index (χ3v) is 3.69. The number of carbonyl (C=O) groups excluding carboxylic acids is 2. The van der Waals surface area contributed by atoms with E-state index in [-0.39, 0.29) is 19.0 Å². The van der Waals surface area contributed by atoms with E-state index in [1.807, 2.05) is 6.07 Å². The molecule has 2 aromatic rings. The van der Waals surface area contributed by atoms with Gasteiger partial charge in [0, 0.05) is 12.3 Å². The quantitative estimate of drug-likeness (QED) is 0.563. The standard InChI is InChI=1S/C16H18ClN5O5/c17-7-6-14-19-20-21-22(14)9-13(23)12(8-15(24)25)18-16(26)27-10-11-4-2-1-3-5-11/h1-5,12H,6-10H2,(H,18,26)(H,24,25). The maximum absolute atomic E-state index is 12.4. The van der Waals surface area contributed by atoms with E-state index in [1.54, 1.807) is 24.3 Å². The Balaban J connectivity index is 1.96. The van der Waals surface area contributed by atoms with E-state index in [0.717, 1.165) is 5.56 Å². The number of carboxylic acids is 1. The molecule has 144 valence electrons. The third kappa shape index (κ3) is 6.66. The zero-order valence-corrected chi connectivity index (χ0v) is 15.0. The molecule has 1 atom stereocenters. The summed E-state index contributed by atoms with van der Waals surface area (Å²) in [6.45, 7) is -0.302. The summed E-state index contributed by atoms with van der Waals surface area (Å²) in [5.74, 6) is -1.16. The molecule has 0 aliphatic heterocycles. The lowest BCUT2D eigenvalue weighted by Crippen LogP contribution is -2.44. The second kappa shape index (κ2) is 10.2. The Kier molecular flexibility index (Phi) is 7.68. The molecule has 0 aliphatic carbocycles. The van der Waals surface area contributed by atoms with Crippen LogP contribution in [0.1, 0.15) is 17.8 Å². The van der Waals surface area contributed by atoms with Crippen LogP contribution in [-0.2, 0) is 33.9 Å². The second-order valence-corrected chi connectivity index (χ2v) is 5.89. The number of hydrogen-bond donors (Lipinski definition) is 2. The highest BCUT2D eigenvalue weighted by atomic mass is 35.5. The molecule has 0 radical (unpaired) electrons. The first-order chi connectivity index (χ1) is 13.0. The number of Topliss-reactive ketones (excluding diaryl/α,β-unsaturated/α-hetero) is 1. The molecule has 1 heterocycles. The number of alkyl carbamates (subject to hydrolysis) is 1. The number of nitrogens with zero attached hydrogens (tertiary/aromatic N) is 4. The van der Waals surface area contributed by atoms with Crippen molar-refractivity contribution in [3.8, 4) is 0 Å². The van der Waals surface area contributed by atoms with Gasteiger partial charge in [0.2, 0.25) is 0 Å². The fraction of sp³-hybridized carbons (Fsp3) is 0.375. The first kappa shape index (κ1) is 20.3. The molecule has 0 saturated carbocycles. The van der Waals surface area contributed by atoms with Crippen molar-refractivity contribution in [2.75, 3.05) is 5.88 Å². The van der Waals surface area contributed by atoms with Crippen molar-refractivity contribution >= 4 is 29.4 Å². The minimum absolute atomic E-state index is 0.00643. The summed E-state index contributed by atoms with van der Waals surface area (Å²) in [4.78, 5) is 35.4. The van der Waals surface area contributed by atoms with Gasteiger partial charge in [0.15, 0.2) is 11.6 Å². The number of carbonyl (C=O) groups is 3. The Hall–Kier alpha value is -3.01. The predicted molar refractivity (Wildman–Crippen MR) is 93.1 cm³/mol. The maximum Gasteiger partial charge on any atom is 0.408 e. The topological polar surface area (TPSA) is 136 Å². The molecule has 10 nitrogen and oxygen atoms in total. The van der Waals surface area contributed by atoms with Crippen LogP contribution in [0, 0.1) is 0 Å². The molecule has 1 unspecified atom stereocenters. The molecule has 1 aromatic heterocycles. The number of hydrogen-bond acceptors (Lipinski definition) is 7. The number of aryl methyl sites for hydroxylation is 1. The Bertz CT molecular complexity index is 783. The van der Waals surface area contributed by atoms with Crippen molar-refractivity contribution in [3.05, 3.63) is 41.7 Å². The van der Waals surface area contributed by atoms with Crippen molar-refractivity contribution in [2.45, 2.75) is 32.0 Å². The van der Waals surface area contributed by atoms with Gasteiger partial charge in [0.1, 0.15) is 19.2 Å². The van der Waals surface area contributed by atoms with Gasteiger partial charge < -0.3 is 15.2 Å². The minimum atomic E-state index is -1.28. The lowest BCUT2D eigenvalue weighted by atomic mass is 10.1. The SMILES string of the molecule is O=C(O)CC(NC(=O)OCc1ccccc1)C(=O)Cn1nnnc1CCCl. The molecule has 1 amide bonds. The van der Waals surface area contributed by atoms with E-state index >= 15 is 0 Å². The molecular weight excluding hydrogens is 378 g/mol. The van der Waals surface area contributed by atoms with Gasteiger partial charge in [-0.1, -0.05) is 30.3 Å². The van der Waals surface area contributed by atoms with Crippen LogP contribution in [0.15, 0.2) is 30.3 Å². The third-order valence-electron chi connectivity index (χ3n) is 3.50. The van der Waals surface area contributed by atoms with Crippen LogP contribution in [0.4, 0.5) is 4.79 Å². The lowest BCUT2D eigenvalue weighted by Gasteiger charge is -2.16. The number of halogens is 1. The molecule has 0 fully saturated rings. The van der Waals surface area contributed by atoms with Gasteiger partial charge >= 0.3 is 12.1 Å². The maximum atomic E-state index is 12.4. The van der Waals surface area contributed by atoms with Gasteiger partial charge in [0.05, 0.1) is 6.42 Å². The Morgan fingerprint density at radius 3 is 2.67 bits per heavy atom. The van der Waals surface area contributed by atoms with E-state index < -0.39 is 30.3 Å². The summed E-state index contributed by atoms with van der Waals surface area (Å²) < 4.78 is 6.25. The zero-order chi connectivity index (χ0) is 19.6. The van der Waals surface area contributed by atoms with Crippen molar-refractivity contribution in [1.82, 2.24) is 25.5 Å². The number of rotatable bonds is 10. The number of nitrogens with one attached hydrogen (secondary N) is 1. The summed E-state index contributed by atoms with van der Waals surface area (Å²) in [5, 5.41) is 22.2. The smallest absolute Gasteiger partial charge is 0.408 e. The van der Waals surface area contributed by atoms with Crippen LogP contribution in [0.2, 0.25) is 0 Å². The number of aliphatic carboxylic acids is 1. The van der Waals surface area contributed by atoms with Crippen LogP contribution in [0.3, 0.4) is 0 Å². The van der Waals surface area contributed by atoms with Crippen LogP contribution < -0.4 is 5.32 Å². The molecule has 27 heavy (non-hydrogen) atoms. The second-order valence-electron chi connectivity index (χ2n) is 5.51. The first-order valence-electron chi connectivity index (χ1n) is 8.02. The summed E-state index contributed by atoms with van der Waals surface area (Å²) in [7, 11) is 0. The highest BCUT2D eigenvalue weighted by Gasteiger charge is 2.25. The van der Waals surface area contributed by atoms with Gasteiger partial charge in [-0.3, -0.25) is 9.59 Å². The highest BCUT2D eigenvalue weighted by Crippen LogP contribution is 2.04. The molecule has 11 heteroatoms.